The lowest BCUT2D eigenvalue weighted by Gasteiger charge is -2.10. The first-order valence-corrected chi connectivity index (χ1v) is 8.22. The maximum Gasteiger partial charge on any atom is 0.446 e. The smallest absolute Gasteiger partial charge is 0.369 e. The van der Waals surface area contributed by atoms with Gasteiger partial charge in [0.25, 0.3) is 0 Å². The van der Waals surface area contributed by atoms with Gasteiger partial charge in [0.05, 0.1) is 10.7 Å². The van der Waals surface area contributed by atoms with Crippen molar-refractivity contribution in [3.05, 3.63) is 53.1 Å². The second kappa shape index (κ2) is 7.81. The van der Waals surface area contributed by atoms with Crippen molar-refractivity contribution >= 4 is 40.7 Å². The number of aliphatic imine (C=N–C) groups is 1. The largest absolute Gasteiger partial charge is 0.446 e. The number of benzene rings is 2. The quantitative estimate of drug-likeness (QED) is 0.418. The number of nitrogens with two attached hydrogens (primary N) is 1. The molecule has 0 saturated carbocycles. The molecule has 128 valence electrons. The third-order valence-electron chi connectivity index (χ3n) is 3.02. The molecule has 0 spiro atoms. The van der Waals surface area contributed by atoms with E-state index in [0.29, 0.717) is 0 Å². The Kier molecular flexibility index (Phi) is 6.01. The van der Waals surface area contributed by atoms with Crippen LogP contribution < -0.4 is 11.1 Å². The number of thioether (sulfide) groups is 1. The summed E-state index contributed by atoms with van der Waals surface area (Å²) in [6.07, 6.45) is 0.870. The molecule has 0 fully saturated rings. The van der Waals surface area contributed by atoms with E-state index < -0.39 is 5.51 Å². The fraction of sp³-hybridized carbons (Fsp3) is 0.188. The zero-order valence-electron chi connectivity index (χ0n) is 12.7. The summed E-state index contributed by atoms with van der Waals surface area (Å²) < 4.78 is 37.5. The van der Waals surface area contributed by atoms with Crippen LogP contribution in [-0.4, -0.2) is 11.5 Å². The number of nitrogens with one attached hydrogen (secondary N) is 1. The van der Waals surface area contributed by atoms with Crippen molar-refractivity contribution < 1.29 is 13.2 Å². The van der Waals surface area contributed by atoms with Gasteiger partial charge in [-0.1, -0.05) is 36.7 Å². The van der Waals surface area contributed by atoms with Crippen molar-refractivity contribution in [2.45, 2.75) is 23.7 Å². The maximum absolute atomic E-state index is 12.5. The number of hydrogen-bond donors (Lipinski definition) is 2. The summed E-state index contributed by atoms with van der Waals surface area (Å²) in [5.41, 5.74) is 3.44. The average Bonchev–Trinajstić information content (AvgIpc) is 2.50. The molecule has 0 amide bonds. The van der Waals surface area contributed by atoms with Gasteiger partial charge in [-0.3, -0.25) is 0 Å². The van der Waals surface area contributed by atoms with Crippen molar-refractivity contribution in [1.29, 1.82) is 0 Å². The highest BCUT2D eigenvalue weighted by Gasteiger charge is 2.30. The minimum absolute atomic E-state index is 0.0410. The number of aryl methyl sites for hydroxylation is 1. The van der Waals surface area contributed by atoms with Crippen molar-refractivity contribution in [1.82, 2.24) is 0 Å². The van der Waals surface area contributed by atoms with Crippen molar-refractivity contribution in [3.63, 3.8) is 0 Å². The fourth-order valence-electron chi connectivity index (χ4n) is 1.96. The minimum Gasteiger partial charge on any atom is -0.369 e. The van der Waals surface area contributed by atoms with Gasteiger partial charge >= 0.3 is 5.51 Å². The molecule has 0 saturated heterocycles. The molecule has 3 N–H and O–H groups in total. The summed E-state index contributed by atoms with van der Waals surface area (Å²) in [6, 6.07) is 11.8. The molecule has 2 aromatic carbocycles. The van der Waals surface area contributed by atoms with Crippen LogP contribution >= 0.6 is 23.4 Å². The van der Waals surface area contributed by atoms with E-state index in [0.717, 1.165) is 17.7 Å². The molecule has 2 aromatic rings. The molecule has 0 aliphatic rings. The van der Waals surface area contributed by atoms with Gasteiger partial charge in [0, 0.05) is 10.6 Å². The van der Waals surface area contributed by atoms with E-state index in [9.17, 15) is 13.2 Å². The first-order valence-electron chi connectivity index (χ1n) is 7.03. The number of anilines is 1. The van der Waals surface area contributed by atoms with E-state index in [-0.39, 0.29) is 33.3 Å². The van der Waals surface area contributed by atoms with Gasteiger partial charge in [-0.15, -0.1) is 0 Å². The Morgan fingerprint density at radius 2 is 1.96 bits per heavy atom. The van der Waals surface area contributed by atoms with Crippen molar-refractivity contribution in [2.24, 2.45) is 10.7 Å². The molecule has 0 heterocycles. The topological polar surface area (TPSA) is 50.4 Å². The van der Waals surface area contributed by atoms with Gasteiger partial charge in [0.2, 0.25) is 0 Å². The molecule has 0 bridgehead atoms. The zero-order valence-corrected chi connectivity index (χ0v) is 14.3. The molecule has 24 heavy (non-hydrogen) atoms. The maximum atomic E-state index is 12.5. The molecular formula is C16H15ClF3N3S. The second-order valence-corrected chi connectivity index (χ2v) is 6.30. The monoisotopic (exact) mass is 373 g/mol. The Hall–Kier alpha value is -1.86. The van der Waals surface area contributed by atoms with Gasteiger partial charge in [0.15, 0.2) is 5.96 Å². The predicted octanol–water partition coefficient (Wildman–Crippen LogP) is 5.57. The average molecular weight is 374 g/mol. The van der Waals surface area contributed by atoms with Crippen LogP contribution in [0.4, 0.5) is 24.5 Å². The first-order chi connectivity index (χ1) is 11.3. The number of nitrogens with zero attached hydrogens (tertiary/aromatic N) is 1. The first kappa shape index (κ1) is 18.5. The van der Waals surface area contributed by atoms with E-state index in [1.54, 1.807) is 0 Å². The number of guanidine groups is 1. The highest BCUT2D eigenvalue weighted by molar-refractivity contribution is 8.00. The van der Waals surface area contributed by atoms with Gasteiger partial charge < -0.3 is 11.1 Å². The van der Waals surface area contributed by atoms with E-state index in [2.05, 4.69) is 10.3 Å². The third kappa shape index (κ3) is 5.35. The predicted molar refractivity (Wildman–Crippen MR) is 94.1 cm³/mol. The summed E-state index contributed by atoms with van der Waals surface area (Å²) in [5.74, 6) is 0.0410. The molecule has 2 rings (SSSR count). The van der Waals surface area contributed by atoms with Gasteiger partial charge in [0.1, 0.15) is 0 Å². The Morgan fingerprint density at radius 1 is 1.25 bits per heavy atom. The summed E-state index contributed by atoms with van der Waals surface area (Å²) in [7, 11) is 0. The minimum atomic E-state index is -4.42. The van der Waals surface area contributed by atoms with E-state index in [1.807, 2.05) is 31.2 Å². The van der Waals surface area contributed by atoms with Crippen LogP contribution in [0.15, 0.2) is 52.4 Å². The van der Waals surface area contributed by atoms with Crippen LogP contribution in [0.5, 0.6) is 0 Å². The van der Waals surface area contributed by atoms with Crippen LogP contribution in [-0.2, 0) is 6.42 Å². The normalized spacial score (nSPS) is 12.3. The van der Waals surface area contributed by atoms with Gasteiger partial charge in [-0.2, -0.15) is 13.2 Å². The van der Waals surface area contributed by atoms with Crippen LogP contribution in [0.3, 0.4) is 0 Å². The van der Waals surface area contributed by atoms with E-state index in [4.69, 9.17) is 17.3 Å². The summed E-state index contributed by atoms with van der Waals surface area (Å²) in [4.78, 5) is 3.95. The fourth-order valence-corrected chi connectivity index (χ4v) is 2.84. The van der Waals surface area contributed by atoms with Crippen LogP contribution in [0, 0.1) is 0 Å². The van der Waals surface area contributed by atoms with Crippen LogP contribution in [0.25, 0.3) is 0 Å². The van der Waals surface area contributed by atoms with E-state index in [1.165, 1.54) is 18.2 Å². The van der Waals surface area contributed by atoms with E-state index >= 15 is 0 Å². The zero-order chi connectivity index (χ0) is 17.7. The second-order valence-electron chi connectivity index (χ2n) is 4.81. The summed E-state index contributed by atoms with van der Waals surface area (Å²) in [6.45, 7) is 2.03. The Labute approximate surface area is 147 Å². The third-order valence-corrected chi connectivity index (χ3v) is 4.32. The molecule has 8 heteroatoms. The van der Waals surface area contributed by atoms with Crippen molar-refractivity contribution in [3.8, 4) is 0 Å². The molecule has 0 unspecified atom stereocenters. The molecule has 0 aliphatic carbocycles. The highest BCUT2D eigenvalue weighted by Crippen LogP contribution is 2.43. The Balaban J connectivity index is 2.22. The van der Waals surface area contributed by atoms with Crippen LogP contribution in [0.2, 0.25) is 5.02 Å². The SMILES string of the molecule is CCc1cccc(NC(N)=Nc2cccc(SC(F)(F)F)c2Cl)c1. The number of rotatable bonds is 4. The molecule has 0 aliphatic heterocycles. The Bertz CT molecular complexity index is 748. The molecule has 0 radical (unpaired) electrons. The number of hydrogen-bond acceptors (Lipinski definition) is 2. The number of halogens is 4. The summed E-state index contributed by atoms with van der Waals surface area (Å²) >= 11 is 5.71. The lowest BCUT2D eigenvalue weighted by atomic mass is 10.1. The molecule has 0 atom stereocenters. The lowest BCUT2D eigenvalue weighted by Crippen LogP contribution is -2.22. The van der Waals surface area contributed by atoms with Gasteiger partial charge in [-0.25, -0.2) is 4.99 Å². The molecular weight excluding hydrogens is 359 g/mol. The molecule has 0 aromatic heterocycles. The van der Waals surface area contributed by atoms with Crippen molar-refractivity contribution in [2.75, 3.05) is 5.32 Å². The number of alkyl halides is 3. The summed E-state index contributed by atoms with van der Waals surface area (Å²) in [5, 5.41) is 2.81. The molecule has 3 nitrogen and oxygen atoms in total. The van der Waals surface area contributed by atoms with Crippen LogP contribution in [0.1, 0.15) is 12.5 Å². The Morgan fingerprint density at radius 3 is 2.62 bits per heavy atom. The highest BCUT2D eigenvalue weighted by atomic mass is 35.5. The lowest BCUT2D eigenvalue weighted by molar-refractivity contribution is -0.0328. The van der Waals surface area contributed by atoms with Gasteiger partial charge in [-0.05, 0) is 48.0 Å². The standard InChI is InChI=1S/C16H15ClF3N3S/c1-2-10-5-3-6-11(9-10)22-15(21)23-12-7-4-8-13(14(12)17)24-16(18,19)20/h3-9H,2H2,1H3,(H3,21,22,23).